The number of rotatable bonds is 5. The van der Waals surface area contributed by atoms with E-state index in [1.54, 1.807) is 31.2 Å². The van der Waals surface area contributed by atoms with Crippen LogP contribution in [0.15, 0.2) is 59.0 Å². The van der Waals surface area contributed by atoms with Crippen molar-refractivity contribution in [1.82, 2.24) is 0 Å². The van der Waals surface area contributed by atoms with E-state index in [0.717, 1.165) is 0 Å². The van der Waals surface area contributed by atoms with E-state index in [1.807, 2.05) is 6.07 Å². The standard InChI is InChI=1S/C20H13N3O5/c1-13-9-17(23(26)27)5-7-19(13)20-8-6-18(28-20)11-15(12-21)14-3-2-4-16(10-14)22(24)25/h2-11H,1H3/b15-11+. The molecule has 2 aromatic carbocycles. The molecular formula is C20H13N3O5. The summed E-state index contributed by atoms with van der Waals surface area (Å²) >= 11 is 0. The first-order chi connectivity index (χ1) is 13.4. The summed E-state index contributed by atoms with van der Waals surface area (Å²) in [7, 11) is 0. The molecule has 0 atom stereocenters. The summed E-state index contributed by atoms with van der Waals surface area (Å²) in [5, 5.41) is 31.2. The van der Waals surface area contributed by atoms with Crippen molar-refractivity contribution < 1.29 is 14.3 Å². The zero-order valence-electron chi connectivity index (χ0n) is 14.7. The van der Waals surface area contributed by atoms with Crippen LogP contribution in [0.4, 0.5) is 11.4 Å². The molecule has 1 aromatic heterocycles. The van der Waals surface area contributed by atoms with E-state index < -0.39 is 9.85 Å². The Labute approximate surface area is 159 Å². The maximum atomic E-state index is 10.9. The first-order valence-corrected chi connectivity index (χ1v) is 8.11. The van der Waals surface area contributed by atoms with Gasteiger partial charge in [0.25, 0.3) is 11.4 Å². The predicted octanol–water partition coefficient (Wildman–Crippen LogP) is 5.14. The maximum Gasteiger partial charge on any atom is 0.270 e. The first kappa shape index (κ1) is 18.5. The van der Waals surface area contributed by atoms with Crippen LogP contribution in [-0.2, 0) is 0 Å². The molecule has 138 valence electrons. The van der Waals surface area contributed by atoms with Gasteiger partial charge in [-0.3, -0.25) is 20.2 Å². The van der Waals surface area contributed by atoms with Gasteiger partial charge in [-0.1, -0.05) is 12.1 Å². The number of hydrogen-bond acceptors (Lipinski definition) is 6. The van der Waals surface area contributed by atoms with Gasteiger partial charge in [0.15, 0.2) is 0 Å². The van der Waals surface area contributed by atoms with E-state index in [-0.39, 0.29) is 16.9 Å². The van der Waals surface area contributed by atoms with Crippen LogP contribution in [0.25, 0.3) is 23.0 Å². The third-order valence-corrected chi connectivity index (χ3v) is 4.09. The Kier molecular flexibility index (Phi) is 5.00. The summed E-state index contributed by atoms with van der Waals surface area (Å²) < 4.78 is 5.75. The van der Waals surface area contributed by atoms with E-state index in [1.165, 1.54) is 36.4 Å². The second-order valence-corrected chi connectivity index (χ2v) is 5.94. The van der Waals surface area contributed by atoms with Crippen LogP contribution in [0.2, 0.25) is 0 Å². The molecule has 28 heavy (non-hydrogen) atoms. The Hall–Kier alpha value is -4.25. The van der Waals surface area contributed by atoms with Gasteiger partial charge in [0.2, 0.25) is 0 Å². The second kappa shape index (κ2) is 7.55. The minimum absolute atomic E-state index is 0.00892. The molecule has 0 aliphatic rings. The molecule has 8 nitrogen and oxygen atoms in total. The number of allylic oxidation sites excluding steroid dienone is 1. The molecule has 0 saturated heterocycles. The average molecular weight is 375 g/mol. The third-order valence-electron chi connectivity index (χ3n) is 4.09. The molecule has 0 saturated carbocycles. The van der Waals surface area contributed by atoms with Crippen molar-refractivity contribution >= 4 is 23.0 Å². The van der Waals surface area contributed by atoms with Crippen molar-refractivity contribution in [2.45, 2.75) is 6.92 Å². The quantitative estimate of drug-likeness (QED) is 0.346. The van der Waals surface area contributed by atoms with Gasteiger partial charge < -0.3 is 4.42 Å². The van der Waals surface area contributed by atoms with E-state index in [9.17, 15) is 25.5 Å². The molecule has 3 rings (SSSR count). The minimum atomic E-state index is -0.527. The molecule has 0 amide bonds. The third kappa shape index (κ3) is 3.78. The van der Waals surface area contributed by atoms with Crippen LogP contribution in [-0.4, -0.2) is 9.85 Å². The van der Waals surface area contributed by atoms with Gasteiger partial charge in [0, 0.05) is 29.8 Å². The van der Waals surface area contributed by atoms with Crippen LogP contribution < -0.4 is 0 Å². The van der Waals surface area contributed by atoms with Crippen molar-refractivity contribution in [3.8, 4) is 17.4 Å². The highest BCUT2D eigenvalue weighted by atomic mass is 16.6. The molecule has 0 unspecified atom stereocenters. The lowest BCUT2D eigenvalue weighted by Gasteiger charge is -2.02. The molecule has 0 fully saturated rings. The average Bonchev–Trinajstić information content (AvgIpc) is 3.14. The van der Waals surface area contributed by atoms with Crippen LogP contribution in [0, 0.1) is 38.5 Å². The zero-order valence-corrected chi connectivity index (χ0v) is 14.7. The normalized spacial score (nSPS) is 11.1. The molecule has 0 radical (unpaired) electrons. The van der Waals surface area contributed by atoms with E-state index in [0.29, 0.717) is 28.2 Å². The van der Waals surface area contributed by atoms with Crippen molar-refractivity contribution in [3.63, 3.8) is 0 Å². The lowest BCUT2D eigenvalue weighted by atomic mass is 10.1. The highest BCUT2D eigenvalue weighted by Gasteiger charge is 2.13. The molecule has 8 heteroatoms. The van der Waals surface area contributed by atoms with Gasteiger partial charge in [-0.05, 0) is 42.3 Å². The molecule has 0 aliphatic carbocycles. The number of nitro groups is 2. The van der Waals surface area contributed by atoms with Crippen molar-refractivity contribution in [3.05, 3.63) is 91.7 Å². The number of hydrogen-bond donors (Lipinski definition) is 0. The summed E-state index contributed by atoms with van der Waals surface area (Å²) in [6.07, 6.45) is 1.49. The Morgan fingerprint density at radius 1 is 1.04 bits per heavy atom. The van der Waals surface area contributed by atoms with Gasteiger partial charge >= 0.3 is 0 Å². The van der Waals surface area contributed by atoms with Gasteiger partial charge in [-0.25, -0.2) is 0 Å². The monoisotopic (exact) mass is 375 g/mol. The zero-order chi connectivity index (χ0) is 20.3. The fourth-order valence-electron chi connectivity index (χ4n) is 2.72. The predicted molar refractivity (Wildman–Crippen MR) is 102 cm³/mol. The largest absolute Gasteiger partial charge is 0.457 e. The lowest BCUT2D eigenvalue weighted by Crippen LogP contribution is -1.90. The van der Waals surface area contributed by atoms with Crippen LogP contribution in [0.1, 0.15) is 16.9 Å². The van der Waals surface area contributed by atoms with E-state index >= 15 is 0 Å². The van der Waals surface area contributed by atoms with E-state index in [4.69, 9.17) is 4.42 Å². The number of nitro benzene ring substituents is 2. The summed E-state index contributed by atoms with van der Waals surface area (Å²) in [6, 6.07) is 15.6. The first-order valence-electron chi connectivity index (χ1n) is 8.11. The summed E-state index contributed by atoms with van der Waals surface area (Å²) in [5.41, 5.74) is 1.87. The Morgan fingerprint density at radius 2 is 1.75 bits per heavy atom. The van der Waals surface area contributed by atoms with E-state index in [2.05, 4.69) is 0 Å². The highest BCUT2D eigenvalue weighted by molar-refractivity contribution is 5.89. The number of nitrogens with zero attached hydrogens (tertiary/aromatic N) is 3. The number of non-ortho nitro benzene ring substituents is 2. The topological polar surface area (TPSA) is 123 Å². The van der Waals surface area contributed by atoms with Crippen LogP contribution in [0.3, 0.4) is 0 Å². The molecular weight excluding hydrogens is 362 g/mol. The van der Waals surface area contributed by atoms with Crippen molar-refractivity contribution in [1.29, 1.82) is 5.26 Å². The number of nitriles is 1. The smallest absolute Gasteiger partial charge is 0.270 e. The van der Waals surface area contributed by atoms with Crippen molar-refractivity contribution in [2.24, 2.45) is 0 Å². The fraction of sp³-hybridized carbons (Fsp3) is 0.0500. The Bertz CT molecular complexity index is 1150. The van der Waals surface area contributed by atoms with Crippen LogP contribution in [0.5, 0.6) is 0 Å². The van der Waals surface area contributed by atoms with Crippen LogP contribution >= 0.6 is 0 Å². The number of furan rings is 1. The minimum Gasteiger partial charge on any atom is -0.457 e. The van der Waals surface area contributed by atoms with Gasteiger partial charge in [0.05, 0.1) is 21.5 Å². The fourth-order valence-corrected chi connectivity index (χ4v) is 2.72. The summed E-state index contributed by atoms with van der Waals surface area (Å²) in [6.45, 7) is 1.74. The lowest BCUT2D eigenvalue weighted by molar-refractivity contribution is -0.385. The Balaban J connectivity index is 1.95. The second-order valence-electron chi connectivity index (χ2n) is 5.94. The molecule has 0 spiro atoms. The molecule has 0 aliphatic heterocycles. The van der Waals surface area contributed by atoms with Gasteiger partial charge in [0.1, 0.15) is 11.5 Å². The Morgan fingerprint density at radius 3 is 2.39 bits per heavy atom. The SMILES string of the molecule is Cc1cc([N+](=O)[O-])ccc1-c1ccc(/C=C(\C#N)c2cccc([N+](=O)[O-])c2)o1. The highest BCUT2D eigenvalue weighted by Crippen LogP contribution is 2.30. The molecule has 1 heterocycles. The number of aryl methyl sites for hydroxylation is 1. The molecule has 3 aromatic rings. The summed E-state index contributed by atoms with van der Waals surface area (Å²) in [5.74, 6) is 0.880. The number of benzene rings is 2. The van der Waals surface area contributed by atoms with Crippen molar-refractivity contribution in [2.75, 3.05) is 0 Å². The summed E-state index contributed by atoms with van der Waals surface area (Å²) in [4.78, 5) is 20.8. The molecule has 0 N–H and O–H groups in total. The van der Waals surface area contributed by atoms with Gasteiger partial charge in [-0.15, -0.1) is 0 Å². The van der Waals surface area contributed by atoms with Gasteiger partial charge in [-0.2, -0.15) is 5.26 Å². The molecule has 0 bridgehead atoms. The maximum absolute atomic E-state index is 10.9.